The Morgan fingerprint density at radius 3 is 2.00 bits per heavy atom. The molecule has 0 N–H and O–H groups in total. The van der Waals surface area contributed by atoms with Crippen LogP contribution in [-0.4, -0.2) is 7.11 Å². The molecule has 0 unspecified atom stereocenters. The zero-order chi connectivity index (χ0) is 23.6. The molecular formula is C30H28F2O. The van der Waals surface area contributed by atoms with Gasteiger partial charge in [-0.15, -0.1) is 0 Å². The normalized spacial score (nSPS) is 10.1. The number of hydrogen-bond acceptors (Lipinski definition) is 1. The molecular weight excluding hydrogens is 414 g/mol. The lowest BCUT2D eigenvalue weighted by molar-refractivity contribution is 0.415. The molecule has 3 heteroatoms. The molecule has 0 spiro atoms. The van der Waals surface area contributed by atoms with Crippen molar-refractivity contribution < 1.29 is 13.5 Å². The van der Waals surface area contributed by atoms with Crippen LogP contribution in [0.4, 0.5) is 8.78 Å². The van der Waals surface area contributed by atoms with Gasteiger partial charge in [0.1, 0.15) is 17.4 Å². The van der Waals surface area contributed by atoms with Crippen molar-refractivity contribution >= 4 is 0 Å². The molecule has 0 saturated heterocycles. The van der Waals surface area contributed by atoms with Crippen molar-refractivity contribution in [3.05, 3.63) is 99.6 Å². The summed E-state index contributed by atoms with van der Waals surface area (Å²) in [5, 5.41) is 0. The second-order valence-corrected chi connectivity index (χ2v) is 7.99. The van der Waals surface area contributed by atoms with Crippen molar-refractivity contribution in [3.8, 4) is 29.4 Å². The Labute approximate surface area is 195 Å². The van der Waals surface area contributed by atoms with Gasteiger partial charge in [-0.2, -0.15) is 0 Å². The predicted octanol–water partition coefficient (Wildman–Crippen LogP) is 7.20. The van der Waals surface area contributed by atoms with E-state index in [0.29, 0.717) is 12.0 Å². The van der Waals surface area contributed by atoms with Crippen LogP contribution >= 0.6 is 0 Å². The van der Waals surface area contributed by atoms with Crippen LogP contribution in [0.15, 0.2) is 54.6 Å². The van der Waals surface area contributed by atoms with Crippen LogP contribution in [0.3, 0.4) is 0 Å². The molecule has 0 bridgehead atoms. The molecule has 33 heavy (non-hydrogen) atoms. The molecule has 0 aliphatic carbocycles. The third-order valence-electron chi connectivity index (χ3n) is 5.43. The smallest absolute Gasteiger partial charge is 0.130 e. The molecule has 0 atom stereocenters. The minimum absolute atomic E-state index is 0.160. The minimum atomic E-state index is -0.517. The molecule has 3 aromatic carbocycles. The lowest BCUT2D eigenvalue weighted by Gasteiger charge is -2.06. The van der Waals surface area contributed by atoms with E-state index >= 15 is 0 Å². The lowest BCUT2D eigenvalue weighted by atomic mass is 10.0. The van der Waals surface area contributed by atoms with E-state index in [9.17, 15) is 8.78 Å². The number of hydrogen-bond donors (Lipinski definition) is 0. The number of ether oxygens (including phenoxy) is 1. The molecule has 0 aromatic heterocycles. The summed E-state index contributed by atoms with van der Waals surface area (Å²) in [6.07, 6.45) is 4.37. The largest absolute Gasteiger partial charge is 0.497 e. The minimum Gasteiger partial charge on any atom is -0.497 e. The van der Waals surface area contributed by atoms with Crippen molar-refractivity contribution in [1.82, 2.24) is 0 Å². The highest BCUT2D eigenvalue weighted by Crippen LogP contribution is 2.19. The molecule has 0 amide bonds. The van der Waals surface area contributed by atoms with E-state index in [4.69, 9.17) is 4.74 Å². The third kappa shape index (κ3) is 6.96. The maximum Gasteiger partial charge on any atom is 0.130 e. The Bertz CT molecular complexity index is 1200. The van der Waals surface area contributed by atoms with Crippen LogP contribution in [0, 0.1) is 42.2 Å². The van der Waals surface area contributed by atoms with E-state index < -0.39 is 11.6 Å². The SMILES string of the molecule is CCCCCCc1c(F)cc(C#Cc2ccc(C#Cc3ccc(OC)cc3)c(C)c2)cc1F. The first-order chi connectivity index (χ1) is 16.0. The average molecular weight is 443 g/mol. The molecule has 168 valence electrons. The maximum absolute atomic E-state index is 14.4. The zero-order valence-corrected chi connectivity index (χ0v) is 19.4. The van der Waals surface area contributed by atoms with Gasteiger partial charge in [0.25, 0.3) is 0 Å². The van der Waals surface area contributed by atoms with Crippen LogP contribution < -0.4 is 4.74 Å². The van der Waals surface area contributed by atoms with Crippen molar-refractivity contribution in [2.45, 2.75) is 46.0 Å². The molecule has 0 aliphatic heterocycles. The number of halogens is 2. The van der Waals surface area contributed by atoms with Crippen molar-refractivity contribution in [3.63, 3.8) is 0 Å². The van der Waals surface area contributed by atoms with E-state index in [1.165, 1.54) is 12.1 Å². The summed E-state index contributed by atoms with van der Waals surface area (Å²) in [6.45, 7) is 4.08. The Kier molecular flexibility index (Phi) is 8.68. The highest BCUT2D eigenvalue weighted by molar-refractivity contribution is 5.52. The number of benzene rings is 3. The highest BCUT2D eigenvalue weighted by atomic mass is 19.1. The van der Waals surface area contributed by atoms with E-state index in [0.717, 1.165) is 53.7 Å². The van der Waals surface area contributed by atoms with Crippen LogP contribution in [0.2, 0.25) is 0 Å². The van der Waals surface area contributed by atoms with E-state index in [1.54, 1.807) is 7.11 Å². The summed E-state index contributed by atoms with van der Waals surface area (Å²) in [5.41, 5.74) is 4.06. The Morgan fingerprint density at radius 1 is 0.727 bits per heavy atom. The monoisotopic (exact) mass is 442 g/mol. The van der Waals surface area contributed by atoms with Gasteiger partial charge in [-0.3, -0.25) is 0 Å². The maximum atomic E-state index is 14.4. The number of rotatable bonds is 6. The van der Waals surface area contributed by atoms with Gasteiger partial charge in [0, 0.05) is 27.8 Å². The average Bonchev–Trinajstić information content (AvgIpc) is 2.81. The summed E-state index contributed by atoms with van der Waals surface area (Å²) >= 11 is 0. The third-order valence-corrected chi connectivity index (χ3v) is 5.43. The number of aryl methyl sites for hydroxylation is 1. The molecule has 3 rings (SSSR count). The van der Waals surface area contributed by atoms with Gasteiger partial charge in [-0.05, 0) is 79.9 Å². The first-order valence-electron chi connectivity index (χ1n) is 11.3. The van der Waals surface area contributed by atoms with Gasteiger partial charge in [0.15, 0.2) is 0 Å². The van der Waals surface area contributed by atoms with Gasteiger partial charge in [-0.1, -0.05) is 49.9 Å². The summed E-state index contributed by atoms with van der Waals surface area (Å²) in [6, 6.07) is 15.9. The fourth-order valence-electron chi connectivity index (χ4n) is 3.48. The second-order valence-electron chi connectivity index (χ2n) is 7.99. The number of unbranched alkanes of at least 4 members (excludes halogenated alkanes) is 3. The summed E-state index contributed by atoms with van der Waals surface area (Å²) < 4.78 is 34.0. The van der Waals surface area contributed by atoms with Crippen molar-refractivity contribution in [2.75, 3.05) is 7.11 Å². The number of methoxy groups -OCH3 is 1. The molecule has 0 fully saturated rings. The van der Waals surface area contributed by atoms with Crippen LogP contribution in [0.1, 0.15) is 66.0 Å². The fraction of sp³-hybridized carbons (Fsp3) is 0.267. The molecule has 0 saturated carbocycles. The van der Waals surface area contributed by atoms with Gasteiger partial charge in [0.2, 0.25) is 0 Å². The predicted molar refractivity (Wildman–Crippen MR) is 130 cm³/mol. The Morgan fingerprint density at radius 2 is 1.36 bits per heavy atom. The van der Waals surface area contributed by atoms with E-state index in [1.807, 2.05) is 49.4 Å². The van der Waals surface area contributed by atoms with Crippen molar-refractivity contribution in [1.29, 1.82) is 0 Å². The topological polar surface area (TPSA) is 9.23 Å². The first-order valence-corrected chi connectivity index (χ1v) is 11.3. The van der Waals surface area contributed by atoms with Gasteiger partial charge in [0.05, 0.1) is 7.11 Å². The first kappa shape index (κ1) is 24.1. The van der Waals surface area contributed by atoms with Crippen LogP contribution in [-0.2, 0) is 6.42 Å². The zero-order valence-electron chi connectivity index (χ0n) is 19.4. The second kappa shape index (κ2) is 11.9. The molecule has 0 aliphatic rings. The van der Waals surface area contributed by atoms with E-state index in [-0.39, 0.29) is 5.56 Å². The summed E-state index contributed by atoms with van der Waals surface area (Å²) in [5.74, 6) is 12.0. The molecule has 0 radical (unpaired) electrons. The van der Waals surface area contributed by atoms with Crippen molar-refractivity contribution in [2.24, 2.45) is 0 Å². The Hall–Kier alpha value is -3.56. The fourth-order valence-corrected chi connectivity index (χ4v) is 3.48. The van der Waals surface area contributed by atoms with Crippen LogP contribution in [0.5, 0.6) is 5.75 Å². The highest BCUT2D eigenvalue weighted by Gasteiger charge is 2.10. The van der Waals surface area contributed by atoms with Gasteiger partial charge >= 0.3 is 0 Å². The van der Waals surface area contributed by atoms with Crippen LogP contribution in [0.25, 0.3) is 0 Å². The van der Waals surface area contributed by atoms with Gasteiger partial charge in [-0.25, -0.2) is 8.78 Å². The standard InChI is InChI=1S/C30H28F2O/c1-4-5-6-7-8-28-29(31)20-25(21-30(28)32)10-9-24-12-16-26(22(2)19-24)15-11-23-13-17-27(33-3)18-14-23/h12-14,16-21H,4-8H2,1-3H3. The molecule has 3 aromatic rings. The summed E-state index contributed by atoms with van der Waals surface area (Å²) in [4.78, 5) is 0. The Balaban J connectivity index is 1.72. The lowest BCUT2D eigenvalue weighted by Crippen LogP contribution is -1.97. The molecule has 1 nitrogen and oxygen atoms in total. The van der Waals surface area contributed by atoms with Gasteiger partial charge < -0.3 is 4.74 Å². The molecule has 0 heterocycles. The quantitative estimate of drug-likeness (QED) is 0.290. The van der Waals surface area contributed by atoms with E-state index in [2.05, 4.69) is 30.6 Å². The summed E-state index contributed by atoms with van der Waals surface area (Å²) in [7, 11) is 1.63.